The Hall–Kier alpha value is -1.57. The lowest BCUT2D eigenvalue weighted by Crippen LogP contribution is -2.39. The molecule has 1 N–H and O–H groups in total. The molecule has 1 aliphatic rings. The van der Waals surface area contributed by atoms with E-state index in [9.17, 15) is 4.79 Å². The molecule has 0 heterocycles. The van der Waals surface area contributed by atoms with Crippen molar-refractivity contribution < 1.29 is 4.79 Å². The zero-order valence-electron chi connectivity index (χ0n) is 13.6. The van der Waals surface area contributed by atoms with E-state index in [1.165, 1.54) is 0 Å². The minimum absolute atomic E-state index is 0.0672. The van der Waals surface area contributed by atoms with Gasteiger partial charge in [0.05, 0.1) is 0 Å². The van der Waals surface area contributed by atoms with Gasteiger partial charge < -0.3 is 5.32 Å². The molecule has 0 amide bonds. The summed E-state index contributed by atoms with van der Waals surface area (Å²) in [6, 6.07) is 10.3. The first kappa shape index (κ1) is 15.8. The first-order valence-electron chi connectivity index (χ1n) is 7.91. The minimum Gasteiger partial charge on any atom is -0.382 e. The molecule has 0 radical (unpaired) electrons. The molecule has 1 aromatic carbocycles. The normalized spacial score (nSPS) is 25.3. The average molecular weight is 285 g/mol. The molecule has 3 unspecified atom stereocenters. The van der Waals surface area contributed by atoms with Crippen molar-refractivity contribution in [1.29, 1.82) is 0 Å². The lowest BCUT2D eigenvalue weighted by molar-refractivity contribution is -0.128. The minimum atomic E-state index is 0.0672. The van der Waals surface area contributed by atoms with E-state index >= 15 is 0 Å². The van der Waals surface area contributed by atoms with E-state index in [1.54, 1.807) is 0 Å². The Bertz CT molecular complexity index is 504. The highest BCUT2D eigenvalue weighted by atomic mass is 16.1. The molecule has 0 spiro atoms. The number of carbonyl (C=O) groups is 1. The fourth-order valence-electron chi connectivity index (χ4n) is 3.56. The van der Waals surface area contributed by atoms with Crippen molar-refractivity contribution in [3.05, 3.63) is 42.5 Å². The van der Waals surface area contributed by atoms with Gasteiger partial charge >= 0.3 is 0 Å². The topological polar surface area (TPSA) is 29.1 Å². The maximum absolute atomic E-state index is 12.8. The molecular formula is C19H27NO. The summed E-state index contributed by atoms with van der Waals surface area (Å²) in [5, 5.41) is 3.42. The quantitative estimate of drug-likeness (QED) is 0.796. The Morgan fingerprint density at radius 1 is 1.33 bits per heavy atom. The molecular weight excluding hydrogens is 258 g/mol. The second kappa shape index (κ2) is 6.46. The highest BCUT2D eigenvalue weighted by Crippen LogP contribution is 2.41. The third-order valence-corrected chi connectivity index (χ3v) is 4.49. The van der Waals surface area contributed by atoms with Crippen LogP contribution in [0.2, 0.25) is 0 Å². The molecule has 0 aromatic heterocycles. The van der Waals surface area contributed by atoms with Crippen LogP contribution in [0.4, 0.5) is 5.69 Å². The summed E-state index contributed by atoms with van der Waals surface area (Å²) in [7, 11) is 0. The number of carbonyl (C=O) groups excluding carboxylic acids is 1. The van der Waals surface area contributed by atoms with Crippen molar-refractivity contribution in [3.63, 3.8) is 0 Å². The predicted octanol–water partition coefficient (Wildman–Crippen LogP) is 4.68. The molecule has 0 bridgehead atoms. The number of para-hydroxylation sites is 1. The van der Waals surface area contributed by atoms with E-state index in [1.807, 2.05) is 30.3 Å². The number of hydrogen-bond donors (Lipinski definition) is 1. The van der Waals surface area contributed by atoms with Crippen molar-refractivity contribution in [2.45, 2.75) is 46.6 Å². The Morgan fingerprint density at radius 3 is 2.62 bits per heavy atom. The maximum Gasteiger partial charge on any atom is 0.139 e. The number of rotatable bonds is 5. The van der Waals surface area contributed by atoms with Crippen LogP contribution in [-0.2, 0) is 4.79 Å². The molecule has 0 aliphatic heterocycles. The summed E-state index contributed by atoms with van der Waals surface area (Å²) in [4.78, 5) is 12.8. The van der Waals surface area contributed by atoms with E-state index in [4.69, 9.17) is 0 Å². The van der Waals surface area contributed by atoms with E-state index in [0.717, 1.165) is 12.1 Å². The molecule has 2 rings (SSSR count). The SMILES string of the molecule is CC(CC(=O)C1C(C)C=CCC1(C)C)Nc1ccccc1. The standard InChI is InChI=1S/C19H27NO/c1-14-9-8-12-19(3,4)18(14)17(21)13-15(2)20-16-10-6-5-7-11-16/h5-11,14-15,18,20H,12-13H2,1-4H3. The lowest BCUT2D eigenvalue weighted by Gasteiger charge is -2.39. The van der Waals surface area contributed by atoms with Crippen LogP contribution in [0.5, 0.6) is 0 Å². The highest BCUT2D eigenvalue weighted by molar-refractivity contribution is 5.83. The van der Waals surface area contributed by atoms with Crippen LogP contribution in [0, 0.1) is 17.3 Å². The van der Waals surface area contributed by atoms with Crippen molar-refractivity contribution in [1.82, 2.24) is 0 Å². The second-order valence-electron chi connectivity index (χ2n) is 7.04. The van der Waals surface area contributed by atoms with Crippen molar-refractivity contribution in [3.8, 4) is 0 Å². The van der Waals surface area contributed by atoms with Crippen LogP contribution in [0.15, 0.2) is 42.5 Å². The number of hydrogen-bond acceptors (Lipinski definition) is 2. The van der Waals surface area contributed by atoms with Gasteiger partial charge in [-0.05, 0) is 36.8 Å². The third-order valence-electron chi connectivity index (χ3n) is 4.49. The number of anilines is 1. The van der Waals surface area contributed by atoms with E-state index in [2.05, 4.69) is 45.2 Å². The smallest absolute Gasteiger partial charge is 0.139 e. The fourth-order valence-corrected chi connectivity index (χ4v) is 3.56. The van der Waals surface area contributed by atoms with Crippen LogP contribution >= 0.6 is 0 Å². The van der Waals surface area contributed by atoms with Crippen molar-refractivity contribution in [2.24, 2.45) is 17.3 Å². The van der Waals surface area contributed by atoms with Crippen LogP contribution < -0.4 is 5.32 Å². The van der Waals surface area contributed by atoms with Gasteiger partial charge in [0.1, 0.15) is 5.78 Å². The van der Waals surface area contributed by atoms with E-state index < -0.39 is 0 Å². The summed E-state index contributed by atoms with van der Waals surface area (Å²) in [6.45, 7) is 8.67. The molecule has 21 heavy (non-hydrogen) atoms. The summed E-state index contributed by atoms with van der Waals surface area (Å²) < 4.78 is 0. The van der Waals surface area contributed by atoms with Gasteiger partial charge in [-0.2, -0.15) is 0 Å². The van der Waals surface area contributed by atoms with Gasteiger partial charge in [0, 0.05) is 24.1 Å². The van der Waals surface area contributed by atoms with Crippen LogP contribution in [0.3, 0.4) is 0 Å². The Morgan fingerprint density at radius 2 is 2.00 bits per heavy atom. The molecule has 1 aliphatic carbocycles. The first-order valence-corrected chi connectivity index (χ1v) is 7.91. The van der Waals surface area contributed by atoms with Crippen LogP contribution in [-0.4, -0.2) is 11.8 Å². The zero-order valence-corrected chi connectivity index (χ0v) is 13.6. The summed E-state index contributed by atoms with van der Waals surface area (Å²) in [6.07, 6.45) is 6.00. The largest absolute Gasteiger partial charge is 0.382 e. The van der Waals surface area contributed by atoms with Crippen LogP contribution in [0.1, 0.15) is 40.5 Å². The molecule has 0 saturated heterocycles. The van der Waals surface area contributed by atoms with Gasteiger partial charge in [-0.15, -0.1) is 0 Å². The zero-order chi connectivity index (χ0) is 15.5. The predicted molar refractivity (Wildman–Crippen MR) is 89.3 cm³/mol. The van der Waals surface area contributed by atoms with Crippen LogP contribution in [0.25, 0.3) is 0 Å². The van der Waals surface area contributed by atoms with E-state index in [-0.39, 0.29) is 17.4 Å². The number of Topliss-reactive ketones (excluding diaryl/α,β-unsaturated/α-hetero) is 1. The van der Waals surface area contributed by atoms with Gasteiger partial charge in [-0.25, -0.2) is 0 Å². The number of ketones is 1. The average Bonchev–Trinajstić information content (AvgIpc) is 2.38. The fraction of sp³-hybridized carbons (Fsp3) is 0.526. The first-order chi connectivity index (χ1) is 9.90. The van der Waals surface area contributed by atoms with Gasteiger partial charge in [0.15, 0.2) is 0 Å². The second-order valence-corrected chi connectivity index (χ2v) is 7.04. The molecule has 0 fully saturated rings. The highest BCUT2D eigenvalue weighted by Gasteiger charge is 2.39. The summed E-state index contributed by atoms with van der Waals surface area (Å²) >= 11 is 0. The monoisotopic (exact) mass is 285 g/mol. The Labute approximate surface area is 128 Å². The number of allylic oxidation sites excluding steroid dienone is 2. The van der Waals surface area contributed by atoms with Gasteiger partial charge in [-0.1, -0.05) is 51.1 Å². The maximum atomic E-state index is 12.8. The van der Waals surface area contributed by atoms with Gasteiger partial charge in [0.25, 0.3) is 0 Å². The Balaban J connectivity index is 1.99. The molecule has 1 aromatic rings. The van der Waals surface area contributed by atoms with Crippen molar-refractivity contribution >= 4 is 11.5 Å². The summed E-state index contributed by atoms with van der Waals surface area (Å²) in [5.74, 6) is 0.848. The molecule has 114 valence electrons. The molecule has 2 nitrogen and oxygen atoms in total. The van der Waals surface area contributed by atoms with Gasteiger partial charge in [0.2, 0.25) is 0 Å². The third kappa shape index (κ3) is 3.96. The molecule has 2 heteroatoms. The number of nitrogens with one attached hydrogen (secondary N) is 1. The number of benzene rings is 1. The lowest BCUT2D eigenvalue weighted by atomic mass is 9.65. The molecule has 0 saturated carbocycles. The van der Waals surface area contributed by atoms with Crippen molar-refractivity contribution in [2.75, 3.05) is 5.32 Å². The van der Waals surface area contributed by atoms with E-state index in [0.29, 0.717) is 18.1 Å². The molecule has 3 atom stereocenters. The van der Waals surface area contributed by atoms with Gasteiger partial charge in [-0.3, -0.25) is 4.79 Å². The Kier molecular flexibility index (Phi) is 4.87. The summed E-state index contributed by atoms with van der Waals surface area (Å²) in [5.41, 5.74) is 1.14.